The molecule has 0 spiro atoms. The molecule has 3 rings (SSSR count). The number of halogens is 1. The van der Waals surface area contributed by atoms with Crippen LogP contribution in [0.5, 0.6) is 0 Å². The van der Waals surface area contributed by atoms with Gasteiger partial charge in [0.05, 0.1) is 17.8 Å². The molecule has 0 N–H and O–H groups in total. The number of hydrogen-bond donors (Lipinski definition) is 0. The summed E-state index contributed by atoms with van der Waals surface area (Å²) in [6.07, 6.45) is 0. The van der Waals surface area contributed by atoms with Gasteiger partial charge in [-0.3, -0.25) is 9.48 Å². The standard InChI is InChI=1S/C21H22ClN3O/c1-15-20(16(2)25(23-15)14-17-7-5-4-6-8-17)21(26)24(3)13-18-9-11-19(22)12-10-18/h4-12H,13-14H2,1-3H3. The zero-order valence-electron chi connectivity index (χ0n) is 15.2. The molecule has 0 fully saturated rings. The van der Waals surface area contributed by atoms with Gasteiger partial charge in [-0.15, -0.1) is 0 Å². The van der Waals surface area contributed by atoms with Gasteiger partial charge in [0.2, 0.25) is 0 Å². The van der Waals surface area contributed by atoms with E-state index in [0.29, 0.717) is 23.7 Å². The van der Waals surface area contributed by atoms with E-state index in [0.717, 1.165) is 22.5 Å². The Balaban J connectivity index is 1.79. The number of carbonyl (C=O) groups is 1. The van der Waals surface area contributed by atoms with Crippen LogP contribution >= 0.6 is 11.6 Å². The Labute approximate surface area is 159 Å². The van der Waals surface area contributed by atoms with Crippen molar-refractivity contribution in [2.45, 2.75) is 26.9 Å². The molecule has 3 aromatic rings. The second kappa shape index (κ2) is 7.75. The largest absolute Gasteiger partial charge is 0.337 e. The van der Waals surface area contributed by atoms with Crippen molar-refractivity contribution in [2.75, 3.05) is 7.05 Å². The molecular weight excluding hydrogens is 346 g/mol. The summed E-state index contributed by atoms with van der Waals surface area (Å²) in [6, 6.07) is 17.7. The van der Waals surface area contributed by atoms with Crippen LogP contribution in [0.15, 0.2) is 54.6 Å². The second-order valence-corrected chi connectivity index (χ2v) is 6.91. The van der Waals surface area contributed by atoms with Gasteiger partial charge in [0.15, 0.2) is 0 Å². The van der Waals surface area contributed by atoms with Crippen molar-refractivity contribution in [1.29, 1.82) is 0 Å². The summed E-state index contributed by atoms with van der Waals surface area (Å²) in [5, 5.41) is 5.27. The Kier molecular flexibility index (Phi) is 5.43. The molecule has 0 atom stereocenters. The van der Waals surface area contributed by atoms with Gasteiger partial charge in [0.1, 0.15) is 0 Å². The predicted octanol–water partition coefficient (Wildman–Crippen LogP) is 4.47. The SMILES string of the molecule is Cc1nn(Cc2ccccc2)c(C)c1C(=O)N(C)Cc1ccc(Cl)cc1. The highest BCUT2D eigenvalue weighted by molar-refractivity contribution is 6.30. The van der Waals surface area contributed by atoms with Crippen molar-refractivity contribution in [3.8, 4) is 0 Å². The Bertz CT molecular complexity index is 901. The van der Waals surface area contributed by atoms with Crippen molar-refractivity contribution in [2.24, 2.45) is 0 Å². The first-order valence-corrected chi connectivity index (χ1v) is 8.91. The summed E-state index contributed by atoms with van der Waals surface area (Å²) in [5.74, 6) is -0.0192. The fourth-order valence-corrected chi connectivity index (χ4v) is 3.17. The minimum Gasteiger partial charge on any atom is -0.337 e. The van der Waals surface area contributed by atoms with Crippen molar-refractivity contribution >= 4 is 17.5 Å². The third-order valence-corrected chi connectivity index (χ3v) is 4.70. The summed E-state index contributed by atoms with van der Waals surface area (Å²) in [4.78, 5) is 14.7. The third kappa shape index (κ3) is 3.97. The van der Waals surface area contributed by atoms with Gasteiger partial charge in [-0.1, -0.05) is 54.1 Å². The number of hydrogen-bond acceptors (Lipinski definition) is 2. The topological polar surface area (TPSA) is 38.1 Å². The number of aryl methyl sites for hydroxylation is 1. The van der Waals surface area contributed by atoms with E-state index < -0.39 is 0 Å². The van der Waals surface area contributed by atoms with Gasteiger partial charge in [0, 0.05) is 24.3 Å². The number of amides is 1. The zero-order valence-corrected chi connectivity index (χ0v) is 16.0. The van der Waals surface area contributed by atoms with Gasteiger partial charge in [-0.05, 0) is 37.1 Å². The summed E-state index contributed by atoms with van der Waals surface area (Å²) in [5.41, 5.74) is 4.52. The Morgan fingerprint density at radius 3 is 2.35 bits per heavy atom. The van der Waals surface area contributed by atoms with Gasteiger partial charge in [-0.25, -0.2) is 0 Å². The highest BCUT2D eigenvalue weighted by Crippen LogP contribution is 2.18. The van der Waals surface area contributed by atoms with Crippen LogP contribution in [0.25, 0.3) is 0 Å². The molecule has 0 aliphatic rings. The smallest absolute Gasteiger partial charge is 0.257 e. The lowest BCUT2D eigenvalue weighted by Gasteiger charge is -2.17. The molecule has 4 nitrogen and oxygen atoms in total. The van der Waals surface area contributed by atoms with E-state index >= 15 is 0 Å². The Hall–Kier alpha value is -2.59. The first kappa shape index (κ1) is 18.2. The summed E-state index contributed by atoms with van der Waals surface area (Å²) < 4.78 is 1.90. The van der Waals surface area contributed by atoms with Crippen LogP contribution in [0.3, 0.4) is 0 Å². The number of nitrogens with zero attached hydrogens (tertiary/aromatic N) is 3. The number of benzene rings is 2. The first-order valence-electron chi connectivity index (χ1n) is 8.53. The summed E-state index contributed by atoms with van der Waals surface area (Å²) in [6.45, 7) is 5.02. The lowest BCUT2D eigenvalue weighted by atomic mass is 10.1. The van der Waals surface area contributed by atoms with Gasteiger partial charge in [0.25, 0.3) is 5.91 Å². The molecule has 0 aliphatic heterocycles. The molecule has 0 aliphatic carbocycles. The molecule has 1 aromatic heterocycles. The normalized spacial score (nSPS) is 10.8. The van der Waals surface area contributed by atoms with Crippen molar-refractivity contribution in [3.63, 3.8) is 0 Å². The third-order valence-electron chi connectivity index (χ3n) is 4.45. The quantitative estimate of drug-likeness (QED) is 0.667. The van der Waals surface area contributed by atoms with E-state index in [2.05, 4.69) is 17.2 Å². The Morgan fingerprint density at radius 1 is 1.04 bits per heavy atom. The van der Waals surface area contributed by atoms with Crippen LogP contribution in [-0.2, 0) is 13.1 Å². The zero-order chi connectivity index (χ0) is 18.7. The van der Waals surface area contributed by atoms with Crippen molar-refractivity contribution < 1.29 is 4.79 Å². The second-order valence-electron chi connectivity index (χ2n) is 6.48. The monoisotopic (exact) mass is 367 g/mol. The fraction of sp³-hybridized carbons (Fsp3) is 0.238. The molecule has 2 aromatic carbocycles. The number of rotatable bonds is 5. The number of carbonyl (C=O) groups excluding carboxylic acids is 1. The highest BCUT2D eigenvalue weighted by atomic mass is 35.5. The van der Waals surface area contributed by atoms with Crippen LogP contribution in [0.4, 0.5) is 0 Å². The van der Waals surface area contributed by atoms with E-state index in [4.69, 9.17) is 11.6 Å². The predicted molar refractivity (Wildman–Crippen MR) is 104 cm³/mol. The molecule has 1 heterocycles. The molecule has 0 saturated carbocycles. The van der Waals surface area contributed by atoms with Crippen molar-refractivity contribution in [1.82, 2.24) is 14.7 Å². The van der Waals surface area contributed by atoms with Crippen LogP contribution in [0, 0.1) is 13.8 Å². The summed E-state index contributed by atoms with van der Waals surface area (Å²) >= 11 is 5.93. The molecule has 1 amide bonds. The minimum absolute atomic E-state index is 0.0192. The molecule has 0 unspecified atom stereocenters. The van der Waals surface area contributed by atoms with E-state index in [1.807, 2.05) is 68.0 Å². The first-order chi connectivity index (χ1) is 12.5. The van der Waals surface area contributed by atoms with E-state index in [1.54, 1.807) is 4.90 Å². The molecule has 5 heteroatoms. The van der Waals surface area contributed by atoms with Gasteiger partial charge < -0.3 is 4.90 Å². The molecule has 0 bridgehead atoms. The van der Waals surface area contributed by atoms with E-state index in [9.17, 15) is 4.79 Å². The molecule has 26 heavy (non-hydrogen) atoms. The minimum atomic E-state index is -0.0192. The fourth-order valence-electron chi connectivity index (χ4n) is 3.04. The average Bonchev–Trinajstić information content (AvgIpc) is 2.90. The van der Waals surface area contributed by atoms with Crippen molar-refractivity contribution in [3.05, 3.63) is 87.7 Å². The van der Waals surface area contributed by atoms with Gasteiger partial charge >= 0.3 is 0 Å². The lowest BCUT2D eigenvalue weighted by Crippen LogP contribution is -2.27. The molecule has 0 radical (unpaired) electrons. The maximum absolute atomic E-state index is 13.0. The van der Waals surface area contributed by atoms with Crippen LogP contribution in [0.1, 0.15) is 32.9 Å². The highest BCUT2D eigenvalue weighted by Gasteiger charge is 2.22. The number of aromatic nitrogens is 2. The molecular formula is C21H22ClN3O. The lowest BCUT2D eigenvalue weighted by molar-refractivity contribution is 0.0783. The van der Waals surface area contributed by atoms with E-state index in [-0.39, 0.29) is 5.91 Å². The van der Waals surface area contributed by atoms with Gasteiger partial charge in [-0.2, -0.15) is 5.10 Å². The van der Waals surface area contributed by atoms with E-state index in [1.165, 1.54) is 0 Å². The summed E-state index contributed by atoms with van der Waals surface area (Å²) in [7, 11) is 1.81. The maximum atomic E-state index is 13.0. The Morgan fingerprint density at radius 2 is 1.69 bits per heavy atom. The molecule has 134 valence electrons. The van der Waals surface area contributed by atoms with Crippen LogP contribution in [0.2, 0.25) is 5.02 Å². The average molecular weight is 368 g/mol. The maximum Gasteiger partial charge on any atom is 0.257 e. The van der Waals surface area contributed by atoms with Crippen LogP contribution < -0.4 is 0 Å². The molecule has 0 saturated heterocycles. The van der Waals surface area contributed by atoms with Crippen LogP contribution in [-0.4, -0.2) is 27.6 Å².